The number of carboxylic acid groups (broad SMARTS) is 1. The maximum absolute atomic E-state index is 11.4. The third kappa shape index (κ3) is 3.84. The predicted octanol–water partition coefficient (Wildman–Crippen LogP) is -0.351. The van der Waals surface area contributed by atoms with Crippen LogP contribution in [0.15, 0.2) is 18.2 Å². The Morgan fingerprint density at radius 3 is 1.50 bits per heavy atom. The van der Waals surface area contributed by atoms with Crippen LogP contribution in [0.5, 0.6) is 0 Å². The number of aromatic carboxylic acids is 1. The van der Waals surface area contributed by atoms with Gasteiger partial charge in [0.15, 0.2) is 0 Å². The van der Waals surface area contributed by atoms with Crippen molar-refractivity contribution in [3.05, 3.63) is 34.9 Å². The van der Waals surface area contributed by atoms with Gasteiger partial charge in [-0.05, 0) is 22.0 Å². The van der Waals surface area contributed by atoms with E-state index in [-0.39, 0.29) is 40.4 Å². The van der Waals surface area contributed by atoms with Crippen LogP contribution < -0.4 is 34.7 Å². The first kappa shape index (κ1) is 17.7. The molecule has 0 N–H and O–H groups in total. The number of carbonyl (C=O) groups is 1. The quantitative estimate of drug-likeness (QED) is 0.644. The van der Waals surface area contributed by atoms with Gasteiger partial charge in [0.05, 0.1) is 5.97 Å². The molecule has 0 bridgehead atoms. The minimum Gasteiger partial charge on any atom is -0.545 e. The molecule has 0 amide bonds. The van der Waals surface area contributed by atoms with Crippen molar-refractivity contribution in [3.8, 4) is 0 Å². The first-order valence-corrected chi connectivity index (χ1v) is 5.90. The van der Waals surface area contributed by atoms with Gasteiger partial charge in [0.25, 0.3) is 0 Å². The van der Waals surface area contributed by atoms with Crippen molar-refractivity contribution in [1.29, 1.82) is 0 Å². The van der Waals surface area contributed by atoms with E-state index < -0.39 is 5.97 Å². The van der Waals surface area contributed by atoms with Crippen molar-refractivity contribution < 1.29 is 39.5 Å². The van der Waals surface area contributed by atoms with E-state index in [4.69, 9.17) is 0 Å². The van der Waals surface area contributed by atoms with Crippen molar-refractivity contribution in [2.45, 2.75) is 52.4 Å². The Morgan fingerprint density at radius 1 is 0.944 bits per heavy atom. The molecule has 2 nitrogen and oxygen atoms in total. The van der Waals surface area contributed by atoms with Crippen LogP contribution in [0.3, 0.4) is 0 Å². The van der Waals surface area contributed by atoms with Gasteiger partial charge in [-0.25, -0.2) is 0 Å². The van der Waals surface area contributed by atoms with Crippen LogP contribution in [-0.2, 0) is 10.8 Å². The molecule has 0 unspecified atom stereocenters. The standard InChI is InChI=1S/C15H22O2.Na/c1-14(2,3)10-8-7-9-11(15(4,5)6)12(10)13(16)17;/h7-9H,1-6H3,(H,16,17);/q;+1/p-1. The number of carboxylic acids is 1. The average Bonchev–Trinajstić information content (AvgIpc) is 2.13. The largest absolute Gasteiger partial charge is 1.00 e. The van der Waals surface area contributed by atoms with Crippen molar-refractivity contribution >= 4 is 5.97 Å². The van der Waals surface area contributed by atoms with Crippen LogP contribution in [0.4, 0.5) is 0 Å². The normalized spacial score (nSPS) is 11.9. The van der Waals surface area contributed by atoms with E-state index in [1.165, 1.54) is 0 Å². The van der Waals surface area contributed by atoms with Gasteiger partial charge in [0.2, 0.25) is 0 Å². The summed E-state index contributed by atoms with van der Waals surface area (Å²) in [7, 11) is 0. The Bertz CT molecular complexity index is 405. The molecule has 3 heteroatoms. The molecule has 0 spiro atoms. The Hall–Kier alpha value is -0.310. The third-order valence-electron chi connectivity index (χ3n) is 2.88. The zero-order valence-electron chi connectivity index (χ0n) is 12.5. The number of rotatable bonds is 1. The zero-order valence-corrected chi connectivity index (χ0v) is 14.5. The molecule has 1 aromatic rings. The molecule has 18 heavy (non-hydrogen) atoms. The van der Waals surface area contributed by atoms with E-state index in [0.29, 0.717) is 5.56 Å². The molecule has 0 aliphatic rings. The SMILES string of the molecule is CC(C)(C)c1cccc(C(C)(C)C)c1C(=O)[O-].[Na+]. The van der Waals surface area contributed by atoms with E-state index in [1.54, 1.807) is 0 Å². The number of carbonyl (C=O) groups excluding carboxylic acids is 1. The first-order valence-electron chi connectivity index (χ1n) is 5.90. The van der Waals surface area contributed by atoms with Gasteiger partial charge in [0.1, 0.15) is 0 Å². The van der Waals surface area contributed by atoms with Crippen LogP contribution in [0.1, 0.15) is 63.0 Å². The van der Waals surface area contributed by atoms with E-state index in [0.717, 1.165) is 11.1 Å². The topological polar surface area (TPSA) is 40.1 Å². The molecule has 1 rings (SSSR count). The fraction of sp³-hybridized carbons (Fsp3) is 0.533. The molecule has 0 radical (unpaired) electrons. The van der Waals surface area contributed by atoms with Gasteiger partial charge >= 0.3 is 29.6 Å². The van der Waals surface area contributed by atoms with Gasteiger partial charge in [-0.2, -0.15) is 0 Å². The summed E-state index contributed by atoms with van der Waals surface area (Å²) in [6, 6.07) is 5.67. The van der Waals surface area contributed by atoms with Crippen molar-refractivity contribution in [2.24, 2.45) is 0 Å². The third-order valence-corrected chi connectivity index (χ3v) is 2.88. The molecule has 94 valence electrons. The smallest absolute Gasteiger partial charge is 0.545 e. The summed E-state index contributed by atoms with van der Waals surface area (Å²) in [5, 5.41) is 11.4. The molecular weight excluding hydrogens is 235 g/mol. The maximum Gasteiger partial charge on any atom is 1.00 e. The summed E-state index contributed by atoms with van der Waals surface area (Å²) >= 11 is 0. The van der Waals surface area contributed by atoms with Gasteiger partial charge in [-0.3, -0.25) is 0 Å². The summed E-state index contributed by atoms with van der Waals surface area (Å²) in [6.45, 7) is 12.1. The van der Waals surface area contributed by atoms with E-state index in [1.807, 2.05) is 59.7 Å². The van der Waals surface area contributed by atoms with Crippen molar-refractivity contribution in [1.82, 2.24) is 0 Å². The molecule has 0 atom stereocenters. The van der Waals surface area contributed by atoms with Gasteiger partial charge in [-0.1, -0.05) is 59.7 Å². The molecule has 0 aromatic heterocycles. The Balaban J connectivity index is 0.00000289. The monoisotopic (exact) mass is 256 g/mol. The zero-order chi connectivity index (χ0) is 13.4. The van der Waals surface area contributed by atoms with E-state index in [9.17, 15) is 9.90 Å². The van der Waals surface area contributed by atoms with Crippen molar-refractivity contribution in [3.63, 3.8) is 0 Å². The van der Waals surface area contributed by atoms with Crippen LogP contribution in [0.2, 0.25) is 0 Å². The fourth-order valence-corrected chi connectivity index (χ4v) is 2.02. The average molecular weight is 256 g/mol. The summed E-state index contributed by atoms with van der Waals surface area (Å²) in [6.07, 6.45) is 0. The Kier molecular flexibility index (Phi) is 5.67. The second-order valence-corrected chi connectivity index (χ2v) is 6.52. The summed E-state index contributed by atoms with van der Waals surface area (Å²) in [4.78, 5) is 11.4. The van der Waals surface area contributed by atoms with Crippen LogP contribution in [0.25, 0.3) is 0 Å². The van der Waals surface area contributed by atoms with E-state index in [2.05, 4.69) is 0 Å². The molecule has 0 saturated carbocycles. The summed E-state index contributed by atoms with van der Waals surface area (Å²) < 4.78 is 0. The predicted molar refractivity (Wildman–Crippen MR) is 68.2 cm³/mol. The number of benzene rings is 1. The first-order chi connectivity index (χ1) is 7.55. The van der Waals surface area contributed by atoms with Crippen LogP contribution in [-0.4, -0.2) is 5.97 Å². The van der Waals surface area contributed by atoms with Gasteiger partial charge < -0.3 is 9.90 Å². The second-order valence-electron chi connectivity index (χ2n) is 6.52. The van der Waals surface area contributed by atoms with Crippen LogP contribution >= 0.6 is 0 Å². The maximum atomic E-state index is 11.4. The minimum atomic E-state index is -1.08. The van der Waals surface area contributed by atoms with Crippen molar-refractivity contribution in [2.75, 3.05) is 0 Å². The fourth-order valence-electron chi connectivity index (χ4n) is 2.02. The second kappa shape index (κ2) is 5.77. The summed E-state index contributed by atoms with van der Waals surface area (Å²) in [5.41, 5.74) is 1.63. The van der Waals surface area contributed by atoms with Gasteiger partial charge in [0, 0.05) is 5.56 Å². The molecule has 0 aliphatic carbocycles. The molecule has 0 heterocycles. The molecule has 1 aromatic carbocycles. The minimum absolute atomic E-state index is 0. The molecule has 0 aliphatic heterocycles. The number of hydrogen-bond acceptors (Lipinski definition) is 2. The molecular formula is C15H21NaO2. The summed E-state index contributed by atoms with van der Waals surface area (Å²) in [5.74, 6) is -1.08. The Labute approximate surface area is 132 Å². The number of hydrogen-bond donors (Lipinski definition) is 0. The Morgan fingerprint density at radius 2 is 1.28 bits per heavy atom. The molecule has 0 saturated heterocycles. The van der Waals surface area contributed by atoms with Gasteiger partial charge in [-0.15, -0.1) is 0 Å². The van der Waals surface area contributed by atoms with E-state index >= 15 is 0 Å². The molecule has 0 fully saturated rings. The van der Waals surface area contributed by atoms with Crippen LogP contribution in [0, 0.1) is 0 Å².